The summed E-state index contributed by atoms with van der Waals surface area (Å²) in [6.45, 7) is 1.88. The predicted molar refractivity (Wildman–Crippen MR) is 63.8 cm³/mol. The predicted octanol–water partition coefficient (Wildman–Crippen LogP) is 2.66. The van der Waals surface area contributed by atoms with Gasteiger partial charge in [0, 0.05) is 11.6 Å². The third-order valence-corrected chi connectivity index (χ3v) is 2.28. The number of nitrogens with zero attached hydrogens (tertiary/aromatic N) is 1. The maximum absolute atomic E-state index is 13.1. The molecule has 1 aromatic carbocycles. The Balaban J connectivity index is 0.00000256. The highest BCUT2D eigenvalue weighted by atomic mass is 35.5. The van der Waals surface area contributed by atoms with Crippen molar-refractivity contribution in [2.45, 2.75) is 25.8 Å². The van der Waals surface area contributed by atoms with Gasteiger partial charge in [0.2, 0.25) is 0 Å². The smallest absolute Gasteiger partial charge is 0.313 e. The number of rotatable bonds is 4. The maximum Gasteiger partial charge on any atom is 0.313 e. The normalized spacial score (nSPS) is 11.7. The van der Waals surface area contributed by atoms with Gasteiger partial charge in [-0.25, -0.2) is 4.39 Å². The van der Waals surface area contributed by atoms with Crippen molar-refractivity contribution in [3.8, 4) is 5.75 Å². The second-order valence-corrected chi connectivity index (χ2v) is 3.52. The van der Waals surface area contributed by atoms with E-state index in [0.29, 0.717) is 12.5 Å². The van der Waals surface area contributed by atoms with Gasteiger partial charge in [-0.3, -0.25) is 10.1 Å². The fourth-order valence-electron chi connectivity index (χ4n) is 1.49. The lowest BCUT2D eigenvalue weighted by Crippen LogP contribution is -2.11. The Bertz CT molecular complexity index is 415. The quantitative estimate of drug-likeness (QED) is 0.646. The Hall–Kier alpha value is -1.40. The van der Waals surface area contributed by atoms with Crippen molar-refractivity contribution in [2.75, 3.05) is 0 Å². The van der Waals surface area contributed by atoms with Crippen LogP contribution in [0.2, 0.25) is 0 Å². The van der Waals surface area contributed by atoms with Crippen LogP contribution in [-0.2, 0) is 0 Å². The molecule has 1 aromatic rings. The Labute approximate surface area is 104 Å². The Kier molecular flexibility index (Phi) is 5.84. The SMILES string of the molecule is CCC[C@@H](N)c1cc(F)cc([N+](=O)[O-])c1O.Cl. The molecule has 0 aliphatic carbocycles. The van der Waals surface area contributed by atoms with Gasteiger partial charge in [-0.05, 0) is 12.5 Å². The van der Waals surface area contributed by atoms with E-state index in [1.807, 2.05) is 6.92 Å². The summed E-state index contributed by atoms with van der Waals surface area (Å²) >= 11 is 0. The molecule has 3 N–H and O–H groups in total. The van der Waals surface area contributed by atoms with Crippen molar-refractivity contribution in [1.29, 1.82) is 0 Å². The number of aromatic hydroxyl groups is 1. The van der Waals surface area contributed by atoms with Crippen molar-refractivity contribution in [3.05, 3.63) is 33.6 Å². The highest BCUT2D eigenvalue weighted by Gasteiger charge is 2.22. The van der Waals surface area contributed by atoms with Crippen LogP contribution in [0.1, 0.15) is 31.4 Å². The molecule has 0 radical (unpaired) electrons. The minimum absolute atomic E-state index is 0. The van der Waals surface area contributed by atoms with Crippen LogP contribution in [-0.4, -0.2) is 10.0 Å². The molecular formula is C10H14ClFN2O3. The number of hydrogen-bond acceptors (Lipinski definition) is 4. The highest BCUT2D eigenvalue weighted by Crippen LogP contribution is 2.35. The molecule has 1 rings (SSSR count). The number of nitro groups is 1. The number of benzene rings is 1. The minimum Gasteiger partial charge on any atom is -0.502 e. The van der Waals surface area contributed by atoms with Crippen LogP contribution in [0.15, 0.2) is 12.1 Å². The molecule has 0 heterocycles. The Morgan fingerprint density at radius 2 is 2.18 bits per heavy atom. The molecule has 0 aliphatic heterocycles. The minimum atomic E-state index is -0.833. The van der Waals surface area contributed by atoms with Crippen molar-refractivity contribution in [1.82, 2.24) is 0 Å². The summed E-state index contributed by atoms with van der Waals surface area (Å²) in [5.41, 5.74) is 5.12. The van der Waals surface area contributed by atoms with E-state index in [9.17, 15) is 19.6 Å². The first-order chi connectivity index (χ1) is 7.47. The molecule has 0 unspecified atom stereocenters. The molecule has 0 aliphatic rings. The van der Waals surface area contributed by atoms with E-state index < -0.39 is 28.2 Å². The van der Waals surface area contributed by atoms with Gasteiger partial charge in [-0.1, -0.05) is 13.3 Å². The first-order valence-electron chi connectivity index (χ1n) is 4.89. The van der Waals surface area contributed by atoms with Crippen molar-refractivity contribution in [3.63, 3.8) is 0 Å². The van der Waals surface area contributed by atoms with Crippen LogP contribution < -0.4 is 5.73 Å². The maximum atomic E-state index is 13.1. The third-order valence-electron chi connectivity index (χ3n) is 2.28. The van der Waals surface area contributed by atoms with Gasteiger partial charge in [0.15, 0.2) is 5.75 Å². The van der Waals surface area contributed by atoms with E-state index in [2.05, 4.69) is 0 Å². The zero-order chi connectivity index (χ0) is 12.3. The van der Waals surface area contributed by atoms with E-state index in [0.717, 1.165) is 12.5 Å². The van der Waals surface area contributed by atoms with Gasteiger partial charge in [-0.15, -0.1) is 12.4 Å². The number of phenolic OH excluding ortho intramolecular Hbond substituents is 1. The van der Waals surface area contributed by atoms with Crippen LogP contribution in [0.3, 0.4) is 0 Å². The number of phenols is 1. The lowest BCUT2D eigenvalue weighted by Gasteiger charge is -2.12. The number of hydrogen-bond donors (Lipinski definition) is 2. The molecule has 7 heteroatoms. The lowest BCUT2D eigenvalue weighted by molar-refractivity contribution is -0.386. The summed E-state index contributed by atoms with van der Waals surface area (Å²) in [4.78, 5) is 9.71. The first-order valence-corrected chi connectivity index (χ1v) is 4.89. The van der Waals surface area contributed by atoms with E-state index in [1.54, 1.807) is 0 Å². The molecule has 0 bridgehead atoms. The molecule has 0 saturated carbocycles. The third kappa shape index (κ3) is 3.54. The van der Waals surface area contributed by atoms with Crippen LogP contribution in [0, 0.1) is 15.9 Å². The fraction of sp³-hybridized carbons (Fsp3) is 0.400. The monoisotopic (exact) mass is 264 g/mol. The zero-order valence-corrected chi connectivity index (χ0v) is 10.0. The summed E-state index contributed by atoms with van der Waals surface area (Å²) < 4.78 is 13.1. The second kappa shape index (κ2) is 6.36. The molecule has 0 spiro atoms. The van der Waals surface area contributed by atoms with Crippen LogP contribution >= 0.6 is 12.4 Å². The fourth-order valence-corrected chi connectivity index (χ4v) is 1.49. The van der Waals surface area contributed by atoms with E-state index in [1.165, 1.54) is 0 Å². The average molecular weight is 265 g/mol. The summed E-state index contributed by atoms with van der Waals surface area (Å²) in [5.74, 6) is -1.32. The van der Waals surface area contributed by atoms with Crippen LogP contribution in [0.4, 0.5) is 10.1 Å². The Morgan fingerprint density at radius 1 is 1.59 bits per heavy atom. The topological polar surface area (TPSA) is 89.4 Å². The number of halogens is 2. The van der Waals surface area contributed by atoms with Crippen molar-refractivity contribution < 1.29 is 14.4 Å². The van der Waals surface area contributed by atoms with Gasteiger partial charge in [0.25, 0.3) is 0 Å². The van der Waals surface area contributed by atoms with Gasteiger partial charge < -0.3 is 10.8 Å². The molecule has 96 valence electrons. The Morgan fingerprint density at radius 3 is 2.65 bits per heavy atom. The largest absolute Gasteiger partial charge is 0.502 e. The van der Waals surface area contributed by atoms with E-state index in [4.69, 9.17) is 5.73 Å². The zero-order valence-electron chi connectivity index (χ0n) is 9.22. The van der Waals surface area contributed by atoms with Crippen LogP contribution in [0.25, 0.3) is 0 Å². The first kappa shape index (κ1) is 15.6. The summed E-state index contributed by atoms with van der Waals surface area (Å²) in [6.07, 6.45) is 1.26. The molecule has 5 nitrogen and oxygen atoms in total. The van der Waals surface area contributed by atoms with E-state index in [-0.39, 0.29) is 18.0 Å². The van der Waals surface area contributed by atoms with Gasteiger partial charge in [0.05, 0.1) is 11.0 Å². The van der Waals surface area contributed by atoms with Gasteiger partial charge in [-0.2, -0.15) is 0 Å². The molecule has 0 amide bonds. The van der Waals surface area contributed by atoms with Crippen LogP contribution in [0.5, 0.6) is 5.75 Å². The van der Waals surface area contributed by atoms with E-state index >= 15 is 0 Å². The lowest BCUT2D eigenvalue weighted by atomic mass is 10.0. The molecule has 0 saturated heterocycles. The molecular weight excluding hydrogens is 251 g/mol. The molecule has 0 aromatic heterocycles. The molecule has 1 atom stereocenters. The summed E-state index contributed by atoms with van der Waals surface area (Å²) in [6, 6.07) is 1.11. The molecule has 17 heavy (non-hydrogen) atoms. The molecule has 0 fully saturated rings. The summed E-state index contributed by atoms with van der Waals surface area (Å²) in [5, 5.41) is 20.1. The average Bonchev–Trinajstić information content (AvgIpc) is 2.20. The highest BCUT2D eigenvalue weighted by molar-refractivity contribution is 5.85. The number of nitrogens with two attached hydrogens (primary N) is 1. The van der Waals surface area contributed by atoms with Crippen molar-refractivity contribution >= 4 is 18.1 Å². The standard InChI is InChI=1S/C10H13FN2O3.ClH/c1-2-3-8(12)7-4-6(11)5-9(10(7)14)13(15)16;/h4-5,8,14H,2-3,12H2,1H3;1H/t8-;/m1./s1. The number of nitro benzene ring substituents is 1. The second-order valence-electron chi connectivity index (χ2n) is 3.52. The van der Waals surface area contributed by atoms with Gasteiger partial charge >= 0.3 is 5.69 Å². The summed E-state index contributed by atoms with van der Waals surface area (Å²) in [7, 11) is 0. The van der Waals surface area contributed by atoms with Crippen molar-refractivity contribution in [2.24, 2.45) is 5.73 Å². The van der Waals surface area contributed by atoms with Gasteiger partial charge in [0.1, 0.15) is 5.82 Å².